The molecule has 2 unspecified atom stereocenters. The highest BCUT2D eigenvalue weighted by Gasteiger charge is 2.19. The number of rotatable bonds is 5. The number of nitrogens with two attached hydrogens (primary N) is 1. The van der Waals surface area contributed by atoms with Crippen molar-refractivity contribution in [3.05, 3.63) is 16.1 Å². The third-order valence-corrected chi connectivity index (χ3v) is 3.24. The number of hydrogen-bond acceptors (Lipinski definition) is 4. The molecule has 4 heteroatoms. The van der Waals surface area contributed by atoms with Crippen LogP contribution >= 0.6 is 11.3 Å². The molecule has 0 radical (unpaired) electrons. The van der Waals surface area contributed by atoms with Crippen LogP contribution in [0, 0.1) is 12.8 Å². The fraction of sp³-hybridized carbons (Fsp3) is 0.700. The SMILES string of the molecule is CCCC(C)C(NN)c1csc(C)n1. The van der Waals surface area contributed by atoms with Gasteiger partial charge < -0.3 is 0 Å². The van der Waals surface area contributed by atoms with Gasteiger partial charge in [-0.2, -0.15) is 0 Å². The highest BCUT2D eigenvalue weighted by atomic mass is 32.1. The largest absolute Gasteiger partial charge is 0.271 e. The van der Waals surface area contributed by atoms with Crippen molar-refractivity contribution in [1.29, 1.82) is 0 Å². The Morgan fingerprint density at radius 3 is 2.79 bits per heavy atom. The molecule has 0 aliphatic carbocycles. The zero-order chi connectivity index (χ0) is 10.6. The smallest absolute Gasteiger partial charge is 0.0898 e. The summed E-state index contributed by atoms with van der Waals surface area (Å²) in [5, 5.41) is 3.19. The van der Waals surface area contributed by atoms with Crippen LogP contribution in [0.2, 0.25) is 0 Å². The van der Waals surface area contributed by atoms with Gasteiger partial charge in [-0.05, 0) is 19.3 Å². The Morgan fingerprint density at radius 1 is 1.64 bits per heavy atom. The molecule has 1 aromatic rings. The van der Waals surface area contributed by atoms with Crippen molar-refractivity contribution in [2.24, 2.45) is 11.8 Å². The second-order valence-electron chi connectivity index (χ2n) is 3.70. The van der Waals surface area contributed by atoms with Gasteiger partial charge in [0.2, 0.25) is 0 Å². The number of hydrogen-bond donors (Lipinski definition) is 2. The lowest BCUT2D eigenvalue weighted by molar-refractivity contribution is 0.362. The van der Waals surface area contributed by atoms with E-state index in [-0.39, 0.29) is 6.04 Å². The first-order valence-electron chi connectivity index (χ1n) is 5.07. The molecule has 0 amide bonds. The summed E-state index contributed by atoms with van der Waals surface area (Å²) in [6.07, 6.45) is 2.36. The van der Waals surface area contributed by atoms with Gasteiger partial charge in [-0.1, -0.05) is 20.3 Å². The van der Waals surface area contributed by atoms with Gasteiger partial charge in [-0.3, -0.25) is 11.3 Å². The summed E-state index contributed by atoms with van der Waals surface area (Å²) in [5.74, 6) is 6.09. The molecule has 0 spiro atoms. The summed E-state index contributed by atoms with van der Waals surface area (Å²) >= 11 is 1.68. The molecule has 1 heterocycles. The van der Waals surface area contributed by atoms with Crippen molar-refractivity contribution in [3.8, 4) is 0 Å². The molecule has 1 aromatic heterocycles. The quantitative estimate of drug-likeness (QED) is 0.583. The molecule has 80 valence electrons. The average molecular weight is 213 g/mol. The number of aromatic nitrogens is 1. The molecule has 0 saturated carbocycles. The van der Waals surface area contributed by atoms with Crippen LogP contribution in [0.5, 0.6) is 0 Å². The number of nitrogens with zero attached hydrogens (tertiary/aromatic N) is 1. The van der Waals surface area contributed by atoms with Crippen molar-refractivity contribution < 1.29 is 0 Å². The lowest BCUT2D eigenvalue weighted by atomic mass is 9.95. The Balaban J connectivity index is 2.71. The molecule has 0 aliphatic heterocycles. The van der Waals surface area contributed by atoms with Crippen molar-refractivity contribution >= 4 is 11.3 Å². The molecule has 0 saturated heterocycles. The minimum Gasteiger partial charge on any atom is -0.271 e. The summed E-state index contributed by atoms with van der Waals surface area (Å²) in [6, 6.07) is 0.194. The van der Waals surface area contributed by atoms with Crippen molar-refractivity contribution in [3.63, 3.8) is 0 Å². The first-order valence-corrected chi connectivity index (χ1v) is 5.95. The highest BCUT2D eigenvalue weighted by molar-refractivity contribution is 7.09. The van der Waals surface area contributed by atoms with E-state index in [0.29, 0.717) is 5.92 Å². The minimum absolute atomic E-state index is 0.194. The predicted octanol–water partition coefficient (Wildman–Crippen LogP) is 2.39. The van der Waals surface area contributed by atoms with Crippen LogP contribution in [-0.2, 0) is 0 Å². The number of nitrogens with one attached hydrogen (secondary N) is 1. The topological polar surface area (TPSA) is 50.9 Å². The maximum Gasteiger partial charge on any atom is 0.0898 e. The van der Waals surface area contributed by atoms with Crippen LogP contribution in [0.25, 0.3) is 0 Å². The van der Waals surface area contributed by atoms with Crippen LogP contribution in [0.15, 0.2) is 5.38 Å². The number of hydrazine groups is 1. The van der Waals surface area contributed by atoms with Crippen molar-refractivity contribution in [1.82, 2.24) is 10.4 Å². The lowest BCUT2D eigenvalue weighted by Crippen LogP contribution is -2.32. The maximum atomic E-state index is 5.56. The molecule has 0 fully saturated rings. The van der Waals surface area contributed by atoms with Gasteiger partial charge in [-0.15, -0.1) is 11.3 Å². The van der Waals surface area contributed by atoms with E-state index in [1.807, 2.05) is 6.92 Å². The number of thiazole rings is 1. The fourth-order valence-electron chi connectivity index (χ4n) is 1.69. The Morgan fingerprint density at radius 2 is 2.36 bits per heavy atom. The third-order valence-electron chi connectivity index (χ3n) is 2.45. The summed E-state index contributed by atoms with van der Waals surface area (Å²) in [5.41, 5.74) is 3.94. The van der Waals surface area contributed by atoms with Crippen LogP contribution in [0.1, 0.15) is 43.4 Å². The molecule has 3 N–H and O–H groups in total. The van der Waals surface area contributed by atoms with Gasteiger partial charge in [0, 0.05) is 5.38 Å². The van der Waals surface area contributed by atoms with Crippen LogP contribution < -0.4 is 11.3 Å². The van der Waals surface area contributed by atoms with Gasteiger partial charge in [-0.25, -0.2) is 4.98 Å². The highest BCUT2D eigenvalue weighted by Crippen LogP contribution is 2.25. The van der Waals surface area contributed by atoms with E-state index in [2.05, 4.69) is 29.6 Å². The summed E-state index contributed by atoms with van der Waals surface area (Å²) in [7, 11) is 0. The van der Waals surface area contributed by atoms with Crippen molar-refractivity contribution in [2.75, 3.05) is 0 Å². The average Bonchev–Trinajstić information content (AvgIpc) is 2.54. The van der Waals surface area contributed by atoms with Gasteiger partial charge in [0.25, 0.3) is 0 Å². The Hall–Kier alpha value is -0.450. The number of aryl methyl sites for hydroxylation is 1. The molecule has 2 atom stereocenters. The van der Waals surface area contributed by atoms with E-state index in [1.54, 1.807) is 11.3 Å². The van der Waals surface area contributed by atoms with Crippen LogP contribution in [0.4, 0.5) is 0 Å². The summed E-state index contributed by atoms with van der Waals surface area (Å²) < 4.78 is 0. The van der Waals surface area contributed by atoms with E-state index in [0.717, 1.165) is 10.7 Å². The monoisotopic (exact) mass is 213 g/mol. The molecule has 0 bridgehead atoms. The van der Waals surface area contributed by atoms with Gasteiger partial charge in [0.05, 0.1) is 16.7 Å². The second kappa shape index (κ2) is 5.44. The Labute approximate surface area is 89.7 Å². The Kier molecular flexibility index (Phi) is 4.51. The van der Waals surface area contributed by atoms with E-state index in [1.165, 1.54) is 12.8 Å². The molecule has 0 aliphatic rings. The van der Waals surface area contributed by atoms with E-state index in [4.69, 9.17) is 5.84 Å². The zero-order valence-corrected chi connectivity index (χ0v) is 9.90. The molecule has 1 rings (SSSR count). The van der Waals surface area contributed by atoms with Crippen molar-refractivity contribution in [2.45, 2.75) is 39.7 Å². The summed E-state index contributed by atoms with van der Waals surface area (Å²) in [6.45, 7) is 6.42. The van der Waals surface area contributed by atoms with Gasteiger partial charge in [0.15, 0.2) is 0 Å². The molecule has 0 aromatic carbocycles. The lowest BCUT2D eigenvalue weighted by Gasteiger charge is -2.20. The van der Waals surface area contributed by atoms with Gasteiger partial charge in [0.1, 0.15) is 0 Å². The Bertz CT molecular complexity index is 272. The van der Waals surface area contributed by atoms with E-state index >= 15 is 0 Å². The predicted molar refractivity (Wildman–Crippen MR) is 61.0 cm³/mol. The molecule has 3 nitrogen and oxygen atoms in total. The standard InChI is InChI=1S/C10H19N3S/c1-4-5-7(2)10(13-11)9-6-14-8(3)12-9/h6-7,10,13H,4-5,11H2,1-3H3. The first kappa shape index (κ1) is 11.6. The van der Waals surface area contributed by atoms with Crippen LogP contribution in [-0.4, -0.2) is 4.98 Å². The molecule has 14 heavy (non-hydrogen) atoms. The first-order chi connectivity index (χ1) is 6.69. The zero-order valence-electron chi connectivity index (χ0n) is 9.08. The van der Waals surface area contributed by atoms with E-state index < -0.39 is 0 Å². The molecular formula is C10H19N3S. The van der Waals surface area contributed by atoms with Gasteiger partial charge >= 0.3 is 0 Å². The second-order valence-corrected chi connectivity index (χ2v) is 4.76. The summed E-state index contributed by atoms with van der Waals surface area (Å²) in [4.78, 5) is 4.46. The third kappa shape index (κ3) is 2.77. The fourth-order valence-corrected chi connectivity index (χ4v) is 2.33. The molecular weight excluding hydrogens is 194 g/mol. The van der Waals surface area contributed by atoms with Crippen LogP contribution in [0.3, 0.4) is 0 Å². The van der Waals surface area contributed by atoms with E-state index in [9.17, 15) is 0 Å². The maximum absolute atomic E-state index is 5.56. The normalized spacial score (nSPS) is 15.4. The minimum atomic E-state index is 0.194.